The summed E-state index contributed by atoms with van der Waals surface area (Å²) in [6, 6.07) is 18.4. The lowest BCUT2D eigenvalue weighted by atomic mass is 10.2. The summed E-state index contributed by atoms with van der Waals surface area (Å²) < 4.78 is 32.0. The molecule has 0 radical (unpaired) electrons. The van der Waals surface area contributed by atoms with E-state index in [2.05, 4.69) is 15.5 Å². The number of esters is 1. The predicted octanol–water partition coefficient (Wildman–Crippen LogP) is 5.75. The van der Waals surface area contributed by atoms with Crippen molar-refractivity contribution in [2.75, 3.05) is 5.43 Å². The van der Waals surface area contributed by atoms with E-state index in [0.29, 0.717) is 16.4 Å². The van der Waals surface area contributed by atoms with Crippen molar-refractivity contribution in [2.24, 2.45) is 5.10 Å². The average molecular weight is 435 g/mol. The number of aromatic nitrogens is 1. The molecule has 1 heterocycles. The predicted molar refractivity (Wildman–Crippen MR) is 117 cm³/mol. The van der Waals surface area contributed by atoms with Gasteiger partial charge >= 0.3 is 5.97 Å². The monoisotopic (exact) mass is 435 g/mol. The van der Waals surface area contributed by atoms with Crippen LogP contribution in [0.5, 0.6) is 5.75 Å². The molecule has 31 heavy (non-hydrogen) atoms. The van der Waals surface area contributed by atoms with Crippen LogP contribution in [0.3, 0.4) is 0 Å². The van der Waals surface area contributed by atoms with Crippen LogP contribution in [-0.4, -0.2) is 17.2 Å². The van der Waals surface area contributed by atoms with Crippen molar-refractivity contribution in [1.82, 2.24) is 4.98 Å². The molecule has 0 unspecified atom stereocenters. The quantitative estimate of drug-likeness (QED) is 0.181. The van der Waals surface area contributed by atoms with E-state index in [1.54, 1.807) is 48.7 Å². The van der Waals surface area contributed by atoms with E-state index >= 15 is 0 Å². The van der Waals surface area contributed by atoms with Gasteiger partial charge in [0.05, 0.1) is 17.5 Å². The highest BCUT2D eigenvalue weighted by Gasteiger charge is 2.13. The van der Waals surface area contributed by atoms with Crippen LogP contribution < -0.4 is 10.2 Å². The first kappa shape index (κ1) is 20.4. The standard InChI is InChI=1S/C23H15F2N3O2S/c24-17-10-8-16(9-11-17)21-14-31-23(27-21)28-26-13-15-4-3-5-18(12-15)30-22(29)19-6-1-2-7-20(19)25/h1-14H,(H,27,28)/b26-13-. The molecule has 0 fully saturated rings. The highest BCUT2D eigenvalue weighted by atomic mass is 32.1. The van der Waals surface area contributed by atoms with Gasteiger partial charge in [0.15, 0.2) is 0 Å². The van der Waals surface area contributed by atoms with Gasteiger partial charge in [-0.3, -0.25) is 5.43 Å². The molecule has 0 spiro atoms. The number of hydrogen-bond acceptors (Lipinski definition) is 6. The third-order valence-electron chi connectivity index (χ3n) is 4.18. The molecule has 4 rings (SSSR count). The number of nitrogens with zero attached hydrogens (tertiary/aromatic N) is 2. The maximum Gasteiger partial charge on any atom is 0.346 e. The van der Waals surface area contributed by atoms with Crippen LogP contribution in [0.2, 0.25) is 0 Å². The Morgan fingerprint density at radius 3 is 2.65 bits per heavy atom. The van der Waals surface area contributed by atoms with Crippen LogP contribution in [0.1, 0.15) is 15.9 Å². The van der Waals surface area contributed by atoms with Gasteiger partial charge in [-0.05, 0) is 54.1 Å². The van der Waals surface area contributed by atoms with E-state index in [9.17, 15) is 13.6 Å². The highest BCUT2D eigenvalue weighted by molar-refractivity contribution is 7.14. The number of benzene rings is 3. The normalized spacial score (nSPS) is 10.9. The van der Waals surface area contributed by atoms with E-state index in [1.165, 1.54) is 41.7 Å². The molecule has 0 aliphatic rings. The second-order valence-electron chi connectivity index (χ2n) is 6.36. The molecule has 3 aromatic carbocycles. The molecule has 0 aliphatic heterocycles. The Kier molecular flexibility index (Phi) is 6.09. The van der Waals surface area contributed by atoms with Crippen LogP contribution in [0, 0.1) is 11.6 Å². The van der Waals surface area contributed by atoms with Crippen LogP contribution in [0.4, 0.5) is 13.9 Å². The first-order chi connectivity index (χ1) is 15.1. The number of anilines is 1. The molecular weight excluding hydrogens is 420 g/mol. The SMILES string of the molecule is O=C(Oc1cccc(/C=N\Nc2nc(-c3ccc(F)cc3)cs2)c1)c1ccccc1F. The molecule has 8 heteroatoms. The summed E-state index contributed by atoms with van der Waals surface area (Å²) in [5.41, 5.74) is 4.88. The summed E-state index contributed by atoms with van der Waals surface area (Å²) in [5, 5.41) is 6.55. The first-order valence-corrected chi connectivity index (χ1v) is 10.0. The number of carbonyl (C=O) groups excluding carboxylic acids is 1. The number of hydrogen-bond donors (Lipinski definition) is 1. The highest BCUT2D eigenvalue weighted by Crippen LogP contribution is 2.25. The van der Waals surface area contributed by atoms with Crippen molar-refractivity contribution in [3.63, 3.8) is 0 Å². The molecule has 0 atom stereocenters. The van der Waals surface area contributed by atoms with Gasteiger partial charge in [0.1, 0.15) is 17.4 Å². The number of nitrogens with one attached hydrogen (secondary N) is 1. The topological polar surface area (TPSA) is 63.6 Å². The zero-order valence-electron chi connectivity index (χ0n) is 16.0. The Hall–Kier alpha value is -3.91. The van der Waals surface area contributed by atoms with Gasteiger partial charge < -0.3 is 4.74 Å². The Bertz CT molecular complexity index is 1240. The third-order valence-corrected chi connectivity index (χ3v) is 4.93. The van der Waals surface area contributed by atoms with E-state index in [4.69, 9.17) is 4.74 Å². The molecule has 0 saturated heterocycles. The molecule has 154 valence electrons. The summed E-state index contributed by atoms with van der Waals surface area (Å²) in [5.74, 6) is -1.45. The maximum atomic E-state index is 13.7. The van der Waals surface area contributed by atoms with Crippen LogP contribution >= 0.6 is 11.3 Å². The number of thiazole rings is 1. The summed E-state index contributed by atoms with van der Waals surface area (Å²) >= 11 is 1.36. The maximum absolute atomic E-state index is 13.7. The van der Waals surface area contributed by atoms with Gasteiger partial charge in [0, 0.05) is 10.9 Å². The molecule has 1 aromatic heterocycles. The van der Waals surface area contributed by atoms with Crippen molar-refractivity contribution in [2.45, 2.75) is 0 Å². The van der Waals surface area contributed by atoms with Crippen molar-refractivity contribution in [1.29, 1.82) is 0 Å². The van der Waals surface area contributed by atoms with Crippen molar-refractivity contribution < 1.29 is 18.3 Å². The number of halogens is 2. The molecule has 0 amide bonds. The Labute approximate surface area is 180 Å². The Balaban J connectivity index is 1.39. The van der Waals surface area contributed by atoms with Gasteiger partial charge in [-0.15, -0.1) is 11.3 Å². The van der Waals surface area contributed by atoms with Crippen molar-refractivity contribution in [3.05, 3.63) is 101 Å². The molecule has 0 bridgehead atoms. The number of ether oxygens (including phenoxy) is 1. The zero-order valence-corrected chi connectivity index (χ0v) is 16.8. The molecule has 0 saturated carbocycles. The van der Waals surface area contributed by atoms with Gasteiger partial charge in [-0.1, -0.05) is 24.3 Å². The summed E-state index contributed by atoms with van der Waals surface area (Å²) in [7, 11) is 0. The fraction of sp³-hybridized carbons (Fsp3) is 0. The summed E-state index contributed by atoms with van der Waals surface area (Å²) in [6.07, 6.45) is 1.54. The second kappa shape index (κ2) is 9.27. The molecule has 5 nitrogen and oxygen atoms in total. The first-order valence-electron chi connectivity index (χ1n) is 9.16. The lowest BCUT2D eigenvalue weighted by molar-refractivity contribution is 0.0730. The van der Waals surface area contributed by atoms with Gasteiger partial charge in [-0.2, -0.15) is 5.10 Å². The van der Waals surface area contributed by atoms with Gasteiger partial charge in [0.25, 0.3) is 0 Å². The summed E-state index contributed by atoms with van der Waals surface area (Å²) in [4.78, 5) is 16.6. The fourth-order valence-corrected chi connectivity index (χ4v) is 3.36. The minimum absolute atomic E-state index is 0.135. The lowest BCUT2D eigenvalue weighted by Gasteiger charge is -2.05. The van der Waals surface area contributed by atoms with Crippen LogP contribution in [0.15, 0.2) is 83.3 Å². The Morgan fingerprint density at radius 1 is 1.03 bits per heavy atom. The Morgan fingerprint density at radius 2 is 1.84 bits per heavy atom. The van der Waals surface area contributed by atoms with Crippen LogP contribution in [-0.2, 0) is 0 Å². The molecule has 1 N–H and O–H groups in total. The minimum Gasteiger partial charge on any atom is -0.423 e. The summed E-state index contributed by atoms with van der Waals surface area (Å²) in [6.45, 7) is 0. The van der Waals surface area contributed by atoms with Crippen LogP contribution in [0.25, 0.3) is 11.3 Å². The largest absolute Gasteiger partial charge is 0.423 e. The van der Waals surface area contributed by atoms with Crippen molar-refractivity contribution >= 4 is 28.7 Å². The van der Waals surface area contributed by atoms with E-state index in [1.807, 2.05) is 5.38 Å². The molecular formula is C23H15F2N3O2S. The number of carbonyl (C=O) groups is 1. The fourth-order valence-electron chi connectivity index (χ4n) is 2.69. The zero-order chi connectivity index (χ0) is 21.6. The van der Waals surface area contributed by atoms with E-state index < -0.39 is 11.8 Å². The second-order valence-corrected chi connectivity index (χ2v) is 7.21. The molecule has 0 aliphatic carbocycles. The minimum atomic E-state index is -0.776. The third kappa shape index (κ3) is 5.18. The van der Waals surface area contributed by atoms with Gasteiger partial charge in [0.2, 0.25) is 5.13 Å². The average Bonchev–Trinajstić information content (AvgIpc) is 3.24. The number of rotatable bonds is 6. The lowest BCUT2D eigenvalue weighted by Crippen LogP contribution is -2.10. The van der Waals surface area contributed by atoms with Gasteiger partial charge in [-0.25, -0.2) is 18.6 Å². The number of hydrazone groups is 1. The van der Waals surface area contributed by atoms with E-state index in [-0.39, 0.29) is 17.1 Å². The van der Waals surface area contributed by atoms with E-state index in [0.717, 1.165) is 5.56 Å². The molecule has 4 aromatic rings. The van der Waals surface area contributed by atoms with Crippen molar-refractivity contribution in [3.8, 4) is 17.0 Å². The smallest absolute Gasteiger partial charge is 0.346 e.